The molecule has 19 heavy (non-hydrogen) atoms. The molecule has 0 aliphatic rings. The van der Waals surface area contributed by atoms with Crippen LogP contribution in [0.2, 0.25) is 0 Å². The number of alkyl halides is 3. The molecule has 0 aliphatic heterocycles. The highest BCUT2D eigenvalue weighted by Crippen LogP contribution is 2.42. The summed E-state index contributed by atoms with van der Waals surface area (Å²) in [7, 11) is 0. The van der Waals surface area contributed by atoms with Crippen LogP contribution in [0.25, 0.3) is 0 Å². The van der Waals surface area contributed by atoms with Crippen molar-refractivity contribution in [1.82, 2.24) is 0 Å². The number of hydrogen-bond acceptors (Lipinski definition) is 3. The minimum Gasteiger partial charge on any atom is -0.457 e. The first-order valence-electron chi connectivity index (χ1n) is 5.37. The molecule has 0 aromatic heterocycles. The van der Waals surface area contributed by atoms with Crippen LogP contribution >= 0.6 is 0 Å². The molecule has 100 valence electrons. The maximum Gasteiger partial charge on any atom is 0.421 e. The molecule has 0 fully saturated rings. The van der Waals surface area contributed by atoms with Crippen LogP contribution in [0, 0.1) is 0 Å². The molecule has 0 spiro atoms. The number of nitrogens with two attached hydrogens (primary N) is 2. The predicted molar refractivity (Wildman–Crippen MR) is 66.8 cm³/mol. The highest BCUT2D eigenvalue weighted by Gasteiger charge is 2.37. The van der Waals surface area contributed by atoms with Crippen LogP contribution in [0.15, 0.2) is 42.5 Å². The van der Waals surface area contributed by atoms with Gasteiger partial charge < -0.3 is 16.2 Å². The molecule has 0 aliphatic carbocycles. The second-order valence-corrected chi connectivity index (χ2v) is 3.90. The molecule has 0 saturated heterocycles. The van der Waals surface area contributed by atoms with Gasteiger partial charge in [0.05, 0.1) is 0 Å². The van der Waals surface area contributed by atoms with E-state index in [1.54, 1.807) is 30.3 Å². The Morgan fingerprint density at radius 1 is 0.947 bits per heavy atom. The minimum atomic E-state index is -4.61. The van der Waals surface area contributed by atoms with Crippen LogP contribution in [0.1, 0.15) is 5.56 Å². The maximum absolute atomic E-state index is 12.9. The third-order valence-electron chi connectivity index (χ3n) is 2.41. The van der Waals surface area contributed by atoms with Gasteiger partial charge in [0.1, 0.15) is 17.1 Å². The van der Waals surface area contributed by atoms with E-state index in [1.807, 2.05) is 0 Å². The predicted octanol–water partition coefficient (Wildman–Crippen LogP) is 3.66. The molecule has 2 aromatic carbocycles. The molecule has 0 saturated carbocycles. The molecule has 2 aromatic rings. The first-order valence-corrected chi connectivity index (χ1v) is 5.37. The summed E-state index contributed by atoms with van der Waals surface area (Å²) in [5.41, 5.74) is 9.51. The number of para-hydroxylation sites is 1. The van der Waals surface area contributed by atoms with Crippen LogP contribution in [0.5, 0.6) is 11.5 Å². The average molecular weight is 268 g/mol. The molecule has 0 heterocycles. The topological polar surface area (TPSA) is 61.3 Å². The summed E-state index contributed by atoms with van der Waals surface area (Å²) in [5.74, 6) is -0.130. The first-order chi connectivity index (χ1) is 8.88. The Labute approximate surface area is 107 Å². The van der Waals surface area contributed by atoms with Crippen molar-refractivity contribution in [3.05, 3.63) is 48.0 Å². The van der Waals surface area contributed by atoms with Crippen molar-refractivity contribution in [3.8, 4) is 11.5 Å². The van der Waals surface area contributed by atoms with Crippen molar-refractivity contribution in [3.63, 3.8) is 0 Å². The Hall–Kier alpha value is -2.37. The van der Waals surface area contributed by atoms with Crippen molar-refractivity contribution in [1.29, 1.82) is 0 Å². The van der Waals surface area contributed by atoms with Gasteiger partial charge in [-0.1, -0.05) is 18.2 Å². The molecule has 6 heteroatoms. The van der Waals surface area contributed by atoms with Gasteiger partial charge >= 0.3 is 6.18 Å². The molecule has 0 radical (unpaired) electrons. The van der Waals surface area contributed by atoms with E-state index in [2.05, 4.69) is 0 Å². The Bertz CT molecular complexity index is 582. The summed E-state index contributed by atoms with van der Waals surface area (Å²) in [5, 5.41) is 0. The zero-order valence-electron chi connectivity index (χ0n) is 9.74. The van der Waals surface area contributed by atoms with Gasteiger partial charge in [-0.25, -0.2) is 0 Å². The van der Waals surface area contributed by atoms with E-state index >= 15 is 0 Å². The Balaban J connectivity index is 2.50. The number of halogens is 3. The molecule has 0 amide bonds. The van der Waals surface area contributed by atoms with E-state index in [1.165, 1.54) is 0 Å². The number of benzene rings is 2. The van der Waals surface area contributed by atoms with E-state index in [9.17, 15) is 13.2 Å². The second kappa shape index (κ2) is 4.72. The van der Waals surface area contributed by atoms with Crippen molar-refractivity contribution < 1.29 is 17.9 Å². The third kappa shape index (κ3) is 2.90. The van der Waals surface area contributed by atoms with Gasteiger partial charge in [-0.05, 0) is 18.2 Å². The fourth-order valence-electron chi connectivity index (χ4n) is 1.66. The van der Waals surface area contributed by atoms with Gasteiger partial charge in [-0.2, -0.15) is 13.2 Å². The molecule has 0 bridgehead atoms. The van der Waals surface area contributed by atoms with Gasteiger partial charge in [0.25, 0.3) is 0 Å². The zero-order valence-corrected chi connectivity index (χ0v) is 9.74. The number of ether oxygens (including phenoxy) is 1. The van der Waals surface area contributed by atoms with Gasteiger partial charge in [0, 0.05) is 17.4 Å². The van der Waals surface area contributed by atoms with Crippen LogP contribution in [-0.2, 0) is 6.18 Å². The maximum atomic E-state index is 12.9. The minimum absolute atomic E-state index is 0.108. The summed E-state index contributed by atoms with van der Waals surface area (Å²) in [4.78, 5) is 0. The van der Waals surface area contributed by atoms with Crippen LogP contribution in [-0.4, -0.2) is 0 Å². The normalized spacial score (nSPS) is 11.3. The number of rotatable bonds is 2. The summed E-state index contributed by atoms with van der Waals surface area (Å²) < 4.78 is 44.0. The van der Waals surface area contributed by atoms with E-state index in [0.717, 1.165) is 12.1 Å². The lowest BCUT2D eigenvalue weighted by Crippen LogP contribution is -2.11. The highest BCUT2D eigenvalue weighted by molar-refractivity contribution is 5.64. The standard InChI is InChI=1S/C13H11F3N2O/c14-13(15,16)12-10(18)6-8(17)7-11(12)19-9-4-2-1-3-5-9/h1-7H,17-18H2. The number of anilines is 2. The average Bonchev–Trinajstić information content (AvgIpc) is 2.27. The summed E-state index contributed by atoms with van der Waals surface area (Å²) in [6.45, 7) is 0. The first kappa shape index (κ1) is 13.1. The van der Waals surface area contributed by atoms with Gasteiger partial charge in [-0.3, -0.25) is 0 Å². The summed E-state index contributed by atoms with van der Waals surface area (Å²) in [6, 6.07) is 10.3. The lowest BCUT2D eigenvalue weighted by atomic mass is 10.1. The van der Waals surface area contributed by atoms with Crippen LogP contribution in [0.3, 0.4) is 0 Å². The van der Waals surface area contributed by atoms with E-state index < -0.39 is 23.2 Å². The third-order valence-corrected chi connectivity index (χ3v) is 2.41. The molecular formula is C13H11F3N2O. The monoisotopic (exact) mass is 268 g/mol. The van der Waals surface area contributed by atoms with Gasteiger partial charge in [0.2, 0.25) is 0 Å². The zero-order chi connectivity index (χ0) is 14.0. The van der Waals surface area contributed by atoms with E-state index in [0.29, 0.717) is 0 Å². The highest BCUT2D eigenvalue weighted by atomic mass is 19.4. The Morgan fingerprint density at radius 2 is 1.58 bits per heavy atom. The molecule has 3 nitrogen and oxygen atoms in total. The number of nitrogen functional groups attached to an aromatic ring is 2. The van der Waals surface area contributed by atoms with Crippen molar-refractivity contribution in [2.75, 3.05) is 11.5 Å². The van der Waals surface area contributed by atoms with Gasteiger partial charge in [-0.15, -0.1) is 0 Å². The second-order valence-electron chi connectivity index (χ2n) is 3.90. The van der Waals surface area contributed by atoms with E-state index in [-0.39, 0.29) is 11.4 Å². The SMILES string of the molecule is Nc1cc(N)c(C(F)(F)F)c(Oc2ccccc2)c1. The molecular weight excluding hydrogens is 257 g/mol. The molecule has 0 unspecified atom stereocenters. The number of hydrogen-bond donors (Lipinski definition) is 2. The largest absolute Gasteiger partial charge is 0.457 e. The lowest BCUT2D eigenvalue weighted by molar-refractivity contribution is -0.137. The Morgan fingerprint density at radius 3 is 2.16 bits per heavy atom. The summed E-state index contributed by atoms with van der Waals surface area (Å²) >= 11 is 0. The van der Waals surface area contributed by atoms with Crippen LogP contribution < -0.4 is 16.2 Å². The van der Waals surface area contributed by atoms with Crippen molar-refractivity contribution >= 4 is 11.4 Å². The van der Waals surface area contributed by atoms with Gasteiger partial charge in [0.15, 0.2) is 0 Å². The lowest BCUT2D eigenvalue weighted by Gasteiger charge is -2.16. The van der Waals surface area contributed by atoms with E-state index in [4.69, 9.17) is 16.2 Å². The van der Waals surface area contributed by atoms with Crippen molar-refractivity contribution in [2.24, 2.45) is 0 Å². The fraction of sp³-hybridized carbons (Fsp3) is 0.0769. The quantitative estimate of drug-likeness (QED) is 0.817. The van der Waals surface area contributed by atoms with Crippen molar-refractivity contribution in [2.45, 2.75) is 6.18 Å². The molecule has 2 rings (SSSR count). The molecule has 4 N–H and O–H groups in total. The fourth-order valence-corrected chi connectivity index (χ4v) is 1.66. The summed E-state index contributed by atoms with van der Waals surface area (Å²) in [6.07, 6.45) is -4.61. The molecule has 0 atom stereocenters. The smallest absolute Gasteiger partial charge is 0.421 e. The Kier molecular flexibility index (Phi) is 3.25. The van der Waals surface area contributed by atoms with Crippen LogP contribution in [0.4, 0.5) is 24.5 Å².